The van der Waals surface area contributed by atoms with E-state index in [9.17, 15) is 38.4 Å². The third-order valence-electron chi connectivity index (χ3n) is 5.09. The normalized spacial score (nSPS) is 9.83. The van der Waals surface area contributed by atoms with Gasteiger partial charge in [-0.1, -0.05) is 38.4 Å². The van der Waals surface area contributed by atoms with Crippen LogP contribution in [0.3, 0.4) is 0 Å². The second-order valence-corrected chi connectivity index (χ2v) is 9.41. The van der Waals surface area contributed by atoms with Gasteiger partial charge in [0.25, 0.3) is 0 Å². The van der Waals surface area contributed by atoms with Gasteiger partial charge in [0.1, 0.15) is 0 Å². The fourth-order valence-electron chi connectivity index (χ4n) is 2.80. The molecule has 0 N–H and O–H groups in total. The van der Waals surface area contributed by atoms with E-state index in [0.717, 1.165) is 24.3 Å². The molecule has 2 rings (SSSR count). The van der Waals surface area contributed by atoms with Crippen LogP contribution in [0, 0.1) is 0 Å². The highest BCUT2D eigenvalue weighted by molar-refractivity contribution is 5.96. The summed E-state index contributed by atoms with van der Waals surface area (Å²) in [5, 5.41) is 0. The first-order valence-corrected chi connectivity index (χ1v) is 13.0. The fourth-order valence-corrected chi connectivity index (χ4v) is 2.80. The van der Waals surface area contributed by atoms with Crippen molar-refractivity contribution in [2.45, 2.75) is 27.7 Å². The van der Waals surface area contributed by atoms with Gasteiger partial charge >= 0.3 is 48.5 Å². The average molecular weight is 667 g/mol. The smallest absolute Gasteiger partial charge is 0.391 e. The number of ether oxygens (including phenoxy) is 8. The Hall–Kier alpha value is -6.84. The standard InChI is InChI=1S/C32H26O16/c1-15(2)25(33)45-29(37)41-21-11-9-19(13-23(21)43-31(39)47-27(35)17(5)6)20-10-12-22(42-30(38)46-26(34)16(3)4)24(14-20)44-32(40)48-28(36)18(7)8/h9-14H,1,3,5,7H2,2,4,6,8H3. The number of carbonyl (C=O) groups excluding carboxylic acids is 8. The van der Waals surface area contributed by atoms with Gasteiger partial charge in [-0.3, -0.25) is 0 Å². The molecule has 0 saturated carbocycles. The topological polar surface area (TPSA) is 210 Å². The third-order valence-corrected chi connectivity index (χ3v) is 5.09. The molecular weight excluding hydrogens is 640 g/mol. The Bertz CT molecular complexity index is 1650. The van der Waals surface area contributed by atoms with Crippen molar-refractivity contribution >= 4 is 48.5 Å². The van der Waals surface area contributed by atoms with E-state index in [4.69, 9.17) is 18.9 Å². The van der Waals surface area contributed by atoms with Crippen LogP contribution in [0.2, 0.25) is 0 Å². The van der Waals surface area contributed by atoms with Gasteiger partial charge in [-0.15, -0.1) is 0 Å². The molecule has 0 fully saturated rings. The third kappa shape index (κ3) is 11.3. The molecular formula is C32H26O16. The first kappa shape index (κ1) is 37.3. The second kappa shape index (κ2) is 16.5. The number of hydrogen-bond acceptors (Lipinski definition) is 16. The Morgan fingerprint density at radius 3 is 0.854 bits per heavy atom. The summed E-state index contributed by atoms with van der Waals surface area (Å²) in [4.78, 5) is 96.0. The Labute approximate surface area is 271 Å². The summed E-state index contributed by atoms with van der Waals surface area (Å²) in [5.41, 5.74) is -0.323. The highest BCUT2D eigenvalue weighted by Crippen LogP contribution is 2.38. The van der Waals surface area contributed by atoms with Gasteiger partial charge in [0.05, 0.1) is 0 Å². The van der Waals surface area contributed by atoms with Crippen LogP contribution in [0.25, 0.3) is 11.1 Å². The summed E-state index contributed by atoms with van der Waals surface area (Å²) in [6, 6.07) is 6.88. The molecule has 0 unspecified atom stereocenters. The summed E-state index contributed by atoms with van der Waals surface area (Å²) >= 11 is 0. The van der Waals surface area contributed by atoms with Crippen LogP contribution >= 0.6 is 0 Å². The van der Waals surface area contributed by atoms with Crippen molar-refractivity contribution in [3.63, 3.8) is 0 Å². The molecule has 16 heteroatoms. The Morgan fingerprint density at radius 2 is 0.625 bits per heavy atom. The first-order chi connectivity index (χ1) is 22.4. The van der Waals surface area contributed by atoms with Gasteiger partial charge in [-0.25, -0.2) is 38.4 Å². The van der Waals surface area contributed by atoms with Crippen LogP contribution in [-0.2, 0) is 38.1 Å². The Kier molecular flexibility index (Phi) is 12.8. The molecule has 0 spiro atoms. The van der Waals surface area contributed by atoms with Crippen molar-refractivity contribution in [3.8, 4) is 34.1 Å². The highest BCUT2D eigenvalue weighted by atomic mass is 16.8. The largest absolute Gasteiger partial charge is 0.522 e. The summed E-state index contributed by atoms with van der Waals surface area (Å²) in [6.45, 7) is 18.4. The number of benzene rings is 2. The highest BCUT2D eigenvalue weighted by Gasteiger charge is 2.24. The van der Waals surface area contributed by atoms with Crippen LogP contribution < -0.4 is 18.9 Å². The van der Waals surface area contributed by atoms with Crippen LogP contribution in [0.15, 0.2) is 85.0 Å². The molecule has 0 amide bonds. The fraction of sp³-hybridized carbons (Fsp3) is 0.125. The Morgan fingerprint density at radius 1 is 0.396 bits per heavy atom. The molecule has 0 bridgehead atoms. The summed E-state index contributed by atoms with van der Waals surface area (Å²) in [6.07, 6.45) is -6.22. The van der Waals surface area contributed by atoms with Crippen molar-refractivity contribution in [1.82, 2.24) is 0 Å². The van der Waals surface area contributed by atoms with Gasteiger partial charge in [0, 0.05) is 22.3 Å². The minimum absolute atomic E-state index is 0.116. The molecule has 0 aliphatic rings. The van der Waals surface area contributed by atoms with E-state index in [1.165, 1.54) is 39.8 Å². The summed E-state index contributed by atoms with van der Waals surface area (Å²) in [7, 11) is 0. The molecule has 0 aromatic heterocycles. The van der Waals surface area contributed by atoms with Gasteiger partial charge in [0.2, 0.25) is 0 Å². The van der Waals surface area contributed by atoms with Crippen LogP contribution in [0.4, 0.5) is 19.2 Å². The Balaban J connectivity index is 2.57. The molecule has 0 atom stereocenters. The number of carbonyl (C=O) groups is 8. The molecule has 0 aliphatic heterocycles. The van der Waals surface area contributed by atoms with E-state index in [1.54, 1.807) is 0 Å². The van der Waals surface area contributed by atoms with Crippen LogP contribution in [-0.4, -0.2) is 48.5 Å². The summed E-state index contributed by atoms with van der Waals surface area (Å²) < 4.78 is 37.9. The lowest BCUT2D eigenvalue weighted by Gasteiger charge is -2.14. The predicted molar refractivity (Wildman–Crippen MR) is 160 cm³/mol. The van der Waals surface area contributed by atoms with Crippen LogP contribution in [0.5, 0.6) is 23.0 Å². The maximum Gasteiger partial charge on any atom is 0.522 e. The molecule has 0 saturated heterocycles. The zero-order valence-electron chi connectivity index (χ0n) is 25.8. The minimum Gasteiger partial charge on any atom is -0.391 e. The van der Waals surface area contributed by atoms with Gasteiger partial charge < -0.3 is 37.9 Å². The molecule has 0 heterocycles. The maximum absolute atomic E-state index is 12.3. The monoisotopic (exact) mass is 666 g/mol. The van der Waals surface area contributed by atoms with Crippen molar-refractivity contribution in [1.29, 1.82) is 0 Å². The lowest BCUT2D eigenvalue weighted by molar-refractivity contribution is -0.135. The number of hydrogen-bond donors (Lipinski definition) is 0. The van der Waals surface area contributed by atoms with Crippen molar-refractivity contribution in [2.75, 3.05) is 0 Å². The predicted octanol–water partition coefficient (Wildman–Crippen LogP) is 5.83. The molecule has 16 nitrogen and oxygen atoms in total. The van der Waals surface area contributed by atoms with E-state index >= 15 is 0 Å². The van der Waals surface area contributed by atoms with Gasteiger partial charge in [0.15, 0.2) is 23.0 Å². The lowest BCUT2D eigenvalue weighted by Crippen LogP contribution is -2.19. The van der Waals surface area contributed by atoms with Crippen LogP contribution in [0.1, 0.15) is 27.7 Å². The SMILES string of the molecule is C=C(C)C(=O)OC(=O)Oc1ccc(-c2ccc(OC(=O)OC(=O)C(=C)C)c(OC(=O)OC(=O)C(=C)C)c2)cc1OC(=O)OC(=O)C(=C)C. The first-order valence-electron chi connectivity index (χ1n) is 13.0. The molecule has 0 aliphatic carbocycles. The molecule has 250 valence electrons. The summed E-state index contributed by atoms with van der Waals surface area (Å²) in [5.74, 6) is -6.60. The average Bonchev–Trinajstić information content (AvgIpc) is 2.98. The van der Waals surface area contributed by atoms with Crippen molar-refractivity contribution < 1.29 is 76.3 Å². The molecule has 2 aromatic carbocycles. The van der Waals surface area contributed by atoms with E-state index in [-0.39, 0.29) is 33.4 Å². The maximum atomic E-state index is 12.3. The number of rotatable bonds is 9. The van der Waals surface area contributed by atoms with E-state index in [0.29, 0.717) is 0 Å². The van der Waals surface area contributed by atoms with Gasteiger partial charge in [-0.2, -0.15) is 0 Å². The quantitative estimate of drug-likeness (QED) is 0.101. The minimum atomic E-state index is -1.57. The molecule has 2 aromatic rings. The van der Waals surface area contributed by atoms with Gasteiger partial charge in [-0.05, 0) is 63.1 Å². The number of esters is 4. The van der Waals surface area contributed by atoms with Crippen molar-refractivity contribution in [3.05, 3.63) is 85.0 Å². The molecule has 48 heavy (non-hydrogen) atoms. The second-order valence-electron chi connectivity index (χ2n) is 9.41. The zero-order valence-corrected chi connectivity index (χ0v) is 25.8. The lowest BCUT2D eigenvalue weighted by atomic mass is 10.0. The molecule has 0 radical (unpaired) electrons. The van der Waals surface area contributed by atoms with E-state index < -0.39 is 71.5 Å². The van der Waals surface area contributed by atoms with Crippen molar-refractivity contribution in [2.24, 2.45) is 0 Å². The van der Waals surface area contributed by atoms with E-state index in [2.05, 4.69) is 45.3 Å². The zero-order chi connectivity index (χ0) is 36.3. The van der Waals surface area contributed by atoms with E-state index in [1.807, 2.05) is 0 Å².